The predicted molar refractivity (Wildman–Crippen MR) is 137 cm³/mol. The molecule has 1 aliphatic heterocycles. The van der Waals surface area contributed by atoms with Crippen LogP contribution in [0.4, 0.5) is 17.1 Å². The molecule has 5 rings (SSSR count). The lowest BCUT2D eigenvalue weighted by atomic mass is 10.1. The van der Waals surface area contributed by atoms with Crippen LogP contribution in [0.3, 0.4) is 0 Å². The van der Waals surface area contributed by atoms with Crippen molar-refractivity contribution in [3.63, 3.8) is 0 Å². The molecule has 186 valence electrons. The van der Waals surface area contributed by atoms with Crippen LogP contribution in [0.5, 0.6) is 11.5 Å². The van der Waals surface area contributed by atoms with Crippen molar-refractivity contribution in [2.24, 2.45) is 0 Å². The average molecular weight is 497 g/mol. The molecule has 0 spiro atoms. The van der Waals surface area contributed by atoms with Gasteiger partial charge in [0.15, 0.2) is 5.82 Å². The van der Waals surface area contributed by atoms with Crippen molar-refractivity contribution in [1.29, 1.82) is 5.26 Å². The Bertz CT molecular complexity index is 1480. The van der Waals surface area contributed by atoms with Crippen LogP contribution < -0.4 is 20.5 Å². The number of nitriles is 1. The van der Waals surface area contributed by atoms with E-state index < -0.39 is 0 Å². The second-order valence-corrected chi connectivity index (χ2v) is 8.54. The van der Waals surface area contributed by atoms with Gasteiger partial charge < -0.3 is 25.3 Å². The van der Waals surface area contributed by atoms with Gasteiger partial charge in [-0.2, -0.15) is 5.26 Å². The summed E-state index contributed by atoms with van der Waals surface area (Å²) >= 11 is 0. The molecule has 0 aliphatic carbocycles. The van der Waals surface area contributed by atoms with Gasteiger partial charge in [0, 0.05) is 30.5 Å². The number of pyridine rings is 1. The lowest BCUT2D eigenvalue weighted by Gasteiger charge is -2.16. The highest BCUT2D eigenvalue weighted by atomic mass is 16.5. The van der Waals surface area contributed by atoms with Gasteiger partial charge in [0.1, 0.15) is 23.7 Å². The summed E-state index contributed by atoms with van der Waals surface area (Å²) in [6, 6.07) is 12.9. The molecule has 2 aromatic heterocycles. The summed E-state index contributed by atoms with van der Waals surface area (Å²) in [6.45, 7) is 1.17. The van der Waals surface area contributed by atoms with Gasteiger partial charge in [-0.05, 0) is 23.8 Å². The highest BCUT2D eigenvalue weighted by Gasteiger charge is 2.20. The van der Waals surface area contributed by atoms with Gasteiger partial charge in [-0.3, -0.25) is 9.78 Å². The first-order valence-electron chi connectivity index (χ1n) is 11.7. The molecule has 1 atom stereocenters. The summed E-state index contributed by atoms with van der Waals surface area (Å²) < 4.78 is 16.5. The molecule has 3 N–H and O–H groups in total. The van der Waals surface area contributed by atoms with E-state index in [0.29, 0.717) is 52.5 Å². The van der Waals surface area contributed by atoms with E-state index in [1.165, 1.54) is 18.6 Å². The number of hydrogen-bond donors (Lipinski definition) is 2. The zero-order valence-electron chi connectivity index (χ0n) is 20.1. The van der Waals surface area contributed by atoms with E-state index in [-0.39, 0.29) is 24.1 Å². The average Bonchev–Trinajstić information content (AvgIpc) is 3.43. The number of nitrogens with two attached hydrogens (primary N) is 1. The zero-order chi connectivity index (χ0) is 25.8. The van der Waals surface area contributed by atoms with Crippen molar-refractivity contribution < 1.29 is 19.0 Å². The Morgan fingerprint density at radius 2 is 1.97 bits per heavy atom. The first kappa shape index (κ1) is 24.0. The number of carbonyl (C=O) groups is 1. The molecule has 1 aliphatic rings. The SMILES string of the molecule is COc1ccc(CC(=O)c2ncc(Nc3c(C#N)cnc4cc(OC5CCOC5)c(N)cc34)cn2)cc1. The third-order valence-electron chi connectivity index (χ3n) is 6.00. The van der Waals surface area contributed by atoms with E-state index in [9.17, 15) is 10.1 Å². The molecular weight excluding hydrogens is 472 g/mol. The van der Waals surface area contributed by atoms with Gasteiger partial charge >= 0.3 is 0 Å². The topological polar surface area (TPSA) is 145 Å². The Morgan fingerprint density at radius 1 is 1.19 bits per heavy atom. The van der Waals surface area contributed by atoms with Gasteiger partial charge in [0.05, 0.1) is 60.9 Å². The molecule has 0 radical (unpaired) electrons. The Hall–Kier alpha value is -4.75. The van der Waals surface area contributed by atoms with Gasteiger partial charge in [0.2, 0.25) is 5.78 Å². The first-order chi connectivity index (χ1) is 18.0. The minimum atomic E-state index is -0.211. The van der Waals surface area contributed by atoms with Gasteiger partial charge in [0.25, 0.3) is 0 Å². The number of carbonyl (C=O) groups excluding carboxylic acids is 1. The molecule has 1 fully saturated rings. The van der Waals surface area contributed by atoms with E-state index in [0.717, 1.165) is 17.7 Å². The monoisotopic (exact) mass is 496 g/mol. The molecule has 10 nitrogen and oxygen atoms in total. The Morgan fingerprint density at radius 3 is 2.65 bits per heavy atom. The van der Waals surface area contributed by atoms with Crippen LogP contribution in [0.25, 0.3) is 10.9 Å². The van der Waals surface area contributed by atoms with E-state index >= 15 is 0 Å². The number of ketones is 1. The maximum atomic E-state index is 12.6. The fourth-order valence-corrected chi connectivity index (χ4v) is 4.03. The van der Waals surface area contributed by atoms with E-state index in [4.69, 9.17) is 19.9 Å². The lowest BCUT2D eigenvalue weighted by Crippen LogP contribution is -2.16. The molecular formula is C27H24N6O4. The van der Waals surface area contributed by atoms with Crippen molar-refractivity contribution in [2.75, 3.05) is 31.4 Å². The Labute approximate surface area is 213 Å². The summed E-state index contributed by atoms with van der Waals surface area (Å²) in [7, 11) is 1.59. The highest BCUT2D eigenvalue weighted by molar-refractivity contribution is 5.99. The van der Waals surface area contributed by atoms with Crippen LogP contribution in [0.15, 0.2) is 55.0 Å². The van der Waals surface area contributed by atoms with Crippen molar-refractivity contribution in [3.05, 3.63) is 71.9 Å². The predicted octanol–water partition coefficient (Wildman–Crippen LogP) is 3.82. The lowest BCUT2D eigenvalue weighted by molar-refractivity contribution is 0.0983. The van der Waals surface area contributed by atoms with Crippen LogP contribution in [-0.4, -0.2) is 47.2 Å². The summed E-state index contributed by atoms with van der Waals surface area (Å²) in [4.78, 5) is 25.5. The van der Waals surface area contributed by atoms with Crippen LogP contribution in [-0.2, 0) is 11.2 Å². The second-order valence-electron chi connectivity index (χ2n) is 8.54. The molecule has 3 heterocycles. The van der Waals surface area contributed by atoms with Gasteiger partial charge in [-0.1, -0.05) is 12.1 Å². The summed E-state index contributed by atoms with van der Waals surface area (Å²) in [5, 5.41) is 13.5. The quantitative estimate of drug-likeness (QED) is 0.273. The molecule has 0 saturated carbocycles. The maximum Gasteiger partial charge on any atom is 0.204 e. The number of nitrogen functional groups attached to an aromatic ring is 1. The van der Waals surface area contributed by atoms with Crippen LogP contribution >= 0.6 is 0 Å². The minimum Gasteiger partial charge on any atom is -0.497 e. The van der Waals surface area contributed by atoms with Gasteiger partial charge in [-0.25, -0.2) is 9.97 Å². The maximum absolute atomic E-state index is 12.6. The molecule has 1 saturated heterocycles. The number of hydrogen-bond acceptors (Lipinski definition) is 10. The molecule has 0 bridgehead atoms. The number of nitrogens with one attached hydrogen (secondary N) is 1. The fourth-order valence-electron chi connectivity index (χ4n) is 4.03. The molecule has 1 unspecified atom stereocenters. The second kappa shape index (κ2) is 10.5. The molecule has 37 heavy (non-hydrogen) atoms. The number of aromatic nitrogens is 3. The molecule has 0 amide bonds. The third kappa shape index (κ3) is 5.27. The number of anilines is 3. The van der Waals surface area contributed by atoms with E-state index in [1.807, 2.05) is 12.1 Å². The number of ether oxygens (including phenoxy) is 3. The summed E-state index contributed by atoms with van der Waals surface area (Å²) in [6.07, 6.45) is 5.39. The molecule has 4 aromatic rings. The van der Waals surface area contributed by atoms with Crippen LogP contribution in [0.1, 0.15) is 28.2 Å². The normalized spacial score (nSPS) is 14.8. The molecule has 10 heteroatoms. The number of nitrogens with zero attached hydrogens (tertiary/aromatic N) is 4. The van der Waals surface area contributed by atoms with Crippen molar-refractivity contribution >= 4 is 33.7 Å². The highest BCUT2D eigenvalue weighted by Crippen LogP contribution is 2.35. The largest absolute Gasteiger partial charge is 0.497 e. The van der Waals surface area contributed by atoms with Crippen LogP contribution in [0, 0.1) is 11.3 Å². The first-order valence-corrected chi connectivity index (χ1v) is 11.7. The summed E-state index contributed by atoms with van der Waals surface area (Å²) in [5.74, 6) is 1.13. The smallest absolute Gasteiger partial charge is 0.204 e. The van der Waals surface area contributed by atoms with Crippen molar-refractivity contribution in [1.82, 2.24) is 15.0 Å². The fraction of sp³-hybridized carbons (Fsp3) is 0.222. The van der Waals surface area contributed by atoms with E-state index in [2.05, 4.69) is 26.3 Å². The minimum absolute atomic E-state index is 0.0566. The Kier molecular flexibility index (Phi) is 6.78. The standard InChI is InChI=1S/C27H24N6O4/c1-35-19-4-2-16(3-5-19)8-24(34)27-31-13-18(14-32-27)33-26-17(11-28)12-30-23-10-25(22(29)9-21(23)26)37-20-6-7-36-15-20/h2-5,9-10,12-14,20H,6-8,15,29H2,1H3,(H,30,33). The zero-order valence-corrected chi connectivity index (χ0v) is 20.1. The van der Waals surface area contributed by atoms with Crippen molar-refractivity contribution in [3.8, 4) is 17.6 Å². The Balaban J connectivity index is 1.36. The third-order valence-corrected chi connectivity index (χ3v) is 6.00. The van der Waals surface area contributed by atoms with Gasteiger partial charge in [-0.15, -0.1) is 0 Å². The van der Waals surface area contributed by atoms with E-state index in [1.54, 1.807) is 31.4 Å². The number of methoxy groups -OCH3 is 1. The van der Waals surface area contributed by atoms with Crippen molar-refractivity contribution in [2.45, 2.75) is 18.9 Å². The number of Topliss-reactive ketones (excluding diaryl/α,β-unsaturated/α-hetero) is 1. The summed E-state index contributed by atoms with van der Waals surface area (Å²) in [5.41, 5.74) is 9.49. The number of rotatable bonds is 8. The number of benzene rings is 2. The number of fused-ring (bicyclic) bond motifs is 1. The van der Waals surface area contributed by atoms with Crippen LogP contribution in [0.2, 0.25) is 0 Å². The molecule has 2 aromatic carbocycles.